The van der Waals surface area contributed by atoms with Crippen LogP contribution in [0.3, 0.4) is 0 Å². The maximum absolute atomic E-state index is 12.5. The van der Waals surface area contributed by atoms with Crippen molar-refractivity contribution in [2.45, 2.75) is 39.2 Å². The number of hydrogen-bond donors (Lipinski definition) is 1. The summed E-state index contributed by atoms with van der Waals surface area (Å²) in [6.07, 6.45) is 3.23. The molecule has 0 spiro atoms. The van der Waals surface area contributed by atoms with Gasteiger partial charge in [0, 0.05) is 17.9 Å². The van der Waals surface area contributed by atoms with Crippen molar-refractivity contribution in [2.24, 2.45) is 0 Å². The average molecular weight is 339 g/mol. The van der Waals surface area contributed by atoms with Gasteiger partial charge in [0.25, 0.3) is 5.91 Å². The highest BCUT2D eigenvalue weighted by molar-refractivity contribution is 6.05. The molecule has 1 amide bonds. The topological polar surface area (TPSA) is 47.6 Å². The number of carbonyl (C=O) groups excluding carboxylic acids is 1. The lowest BCUT2D eigenvalue weighted by Crippen LogP contribution is -2.16. The third kappa shape index (κ3) is 4.40. The molecular weight excluding hydrogens is 314 g/mol. The first-order chi connectivity index (χ1) is 12.2. The molecule has 0 aliphatic carbocycles. The molecule has 1 unspecified atom stereocenters. The molecule has 2 aromatic carbocycles. The van der Waals surface area contributed by atoms with E-state index in [0.717, 1.165) is 48.4 Å². The molecule has 25 heavy (non-hydrogen) atoms. The Morgan fingerprint density at radius 1 is 1.24 bits per heavy atom. The smallest absolute Gasteiger partial charge is 0.255 e. The van der Waals surface area contributed by atoms with Crippen LogP contribution in [0, 0.1) is 6.92 Å². The molecule has 4 nitrogen and oxygen atoms in total. The van der Waals surface area contributed by atoms with Crippen molar-refractivity contribution in [1.82, 2.24) is 0 Å². The Morgan fingerprint density at radius 3 is 2.72 bits per heavy atom. The third-order valence-electron chi connectivity index (χ3n) is 4.55. The Morgan fingerprint density at radius 2 is 2.04 bits per heavy atom. The van der Waals surface area contributed by atoms with Crippen molar-refractivity contribution >= 4 is 11.6 Å². The highest BCUT2D eigenvalue weighted by Gasteiger charge is 2.16. The Hall–Kier alpha value is -2.33. The molecule has 0 saturated carbocycles. The Labute approximate surface area is 149 Å². The molecule has 1 aliphatic rings. The van der Waals surface area contributed by atoms with E-state index >= 15 is 0 Å². The van der Waals surface area contributed by atoms with Gasteiger partial charge in [0.1, 0.15) is 12.4 Å². The van der Waals surface area contributed by atoms with Gasteiger partial charge in [0.05, 0.1) is 6.10 Å². The molecule has 4 heteroatoms. The predicted molar refractivity (Wildman–Crippen MR) is 99.4 cm³/mol. The summed E-state index contributed by atoms with van der Waals surface area (Å²) in [5.74, 6) is 0.659. The maximum atomic E-state index is 12.5. The molecule has 1 saturated heterocycles. The lowest BCUT2D eigenvalue weighted by molar-refractivity contribution is 0.0679. The van der Waals surface area contributed by atoms with Gasteiger partial charge in [0.2, 0.25) is 0 Å². The number of aryl methyl sites for hydroxylation is 2. The molecular formula is C21H25NO3. The molecule has 3 rings (SSSR count). The number of para-hydroxylation sites is 1. The number of rotatable bonds is 6. The van der Waals surface area contributed by atoms with E-state index in [1.165, 1.54) is 0 Å². The van der Waals surface area contributed by atoms with Gasteiger partial charge in [-0.05, 0) is 61.6 Å². The summed E-state index contributed by atoms with van der Waals surface area (Å²) in [6, 6.07) is 13.3. The minimum Gasteiger partial charge on any atom is -0.491 e. The fourth-order valence-corrected chi connectivity index (χ4v) is 3.06. The highest BCUT2D eigenvalue weighted by atomic mass is 16.5. The largest absolute Gasteiger partial charge is 0.491 e. The summed E-state index contributed by atoms with van der Waals surface area (Å²) in [5.41, 5.74) is 3.75. The van der Waals surface area contributed by atoms with Crippen molar-refractivity contribution in [3.05, 3.63) is 59.2 Å². The van der Waals surface area contributed by atoms with Gasteiger partial charge in [-0.3, -0.25) is 4.79 Å². The van der Waals surface area contributed by atoms with Crippen LogP contribution in [0.1, 0.15) is 41.3 Å². The Balaban J connectivity index is 1.62. The van der Waals surface area contributed by atoms with E-state index in [9.17, 15) is 4.79 Å². The summed E-state index contributed by atoms with van der Waals surface area (Å²) < 4.78 is 11.3. The zero-order chi connectivity index (χ0) is 17.6. The Bertz CT molecular complexity index is 718. The van der Waals surface area contributed by atoms with E-state index in [4.69, 9.17) is 9.47 Å². The maximum Gasteiger partial charge on any atom is 0.255 e. The summed E-state index contributed by atoms with van der Waals surface area (Å²) >= 11 is 0. The van der Waals surface area contributed by atoms with Crippen LogP contribution in [0.2, 0.25) is 0 Å². The fourth-order valence-electron chi connectivity index (χ4n) is 3.06. The number of nitrogens with one attached hydrogen (secondary N) is 1. The minimum atomic E-state index is -0.102. The predicted octanol–water partition coefficient (Wildman–Crippen LogP) is 4.37. The third-order valence-corrected chi connectivity index (χ3v) is 4.55. The molecule has 1 heterocycles. The summed E-state index contributed by atoms with van der Waals surface area (Å²) in [7, 11) is 0. The number of anilines is 1. The number of hydrogen-bond acceptors (Lipinski definition) is 3. The lowest BCUT2D eigenvalue weighted by atomic mass is 10.1. The first-order valence-corrected chi connectivity index (χ1v) is 8.91. The Kier molecular flexibility index (Phi) is 5.71. The van der Waals surface area contributed by atoms with Crippen LogP contribution < -0.4 is 10.1 Å². The molecule has 1 fully saturated rings. The average Bonchev–Trinajstić information content (AvgIpc) is 3.15. The van der Waals surface area contributed by atoms with Crippen LogP contribution in [0.25, 0.3) is 0 Å². The van der Waals surface area contributed by atoms with Crippen LogP contribution in [0.4, 0.5) is 5.69 Å². The highest BCUT2D eigenvalue weighted by Crippen LogP contribution is 2.22. The van der Waals surface area contributed by atoms with Gasteiger partial charge < -0.3 is 14.8 Å². The summed E-state index contributed by atoms with van der Waals surface area (Å²) in [5, 5.41) is 3.04. The van der Waals surface area contributed by atoms with Gasteiger partial charge in [0.15, 0.2) is 0 Å². The lowest BCUT2D eigenvalue weighted by Gasteiger charge is -2.14. The van der Waals surface area contributed by atoms with Crippen molar-refractivity contribution in [2.75, 3.05) is 18.5 Å². The van der Waals surface area contributed by atoms with Crippen LogP contribution in [-0.4, -0.2) is 25.2 Å². The van der Waals surface area contributed by atoms with Gasteiger partial charge in [-0.15, -0.1) is 0 Å². The number of benzene rings is 2. The zero-order valence-electron chi connectivity index (χ0n) is 14.9. The second-order valence-corrected chi connectivity index (χ2v) is 6.39. The SMILES string of the molecule is CCc1cccc(C)c1NC(=O)c1ccc(OCC2CCCO2)cc1. The van der Waals surface area contributed by atoms with Gasteiger partial charge in [-0.2, -0.15) is 0 Å². The van der Waals surface area contributed by atoms with Crippen molar-refractivity contribution < 1.29 is 14.3 Å². The molecule has 1 N–H and O–H groups in total. The van der Waals surface area contributed by atoms with E-state index in [1.54, 1.807) is 12.1 Å². The molecule has 0 bridgehead atoms. The standard InChI is InChI=1S/C21H25NO3/c1-3-16-7-4-6-15(2)20(16)22-21(23)17-9-11-18(12-10-17)25-14-19-8-5-13-24-19/h4,6-7,9-12,19H,3,5,8,13-14H2,1-2H3,(H,22,23). The van der Waals surface area contributed by atoms with Gasteiger partial charge in [-0.25, -0.2) is 0 Å². The normalized spacial score (nSPS) is 16.6. The van der Waals surface area contributed by atoms with Crippen LogP contribution in [0.15, 0.2) is 42.5 Å². The molecule has 132 valence electrons. The molecule has 1 aliphatic heterocycles. The minimum absolute atomic E-state index is 0.102. The first-order valence-electron chi connectivity index (χ1n) is 8.91. The van der Waals surface area contributed by atoms with E-state index in [2.05, 4.69) is 12.2 Å². The summed E-state index contributed by atoms with van der Waals surface area (Å²) in [4.78, 5) is 12.5. The van der Waals surface area contributed by atoms with Gasteiger partial charge >= 0.3 is 0 Å². The van der Waals surface area contributed by atoms with Crippen molar-refractivity contribution in [3.63, 3.8) is 0 Å². The first kappa shape index (κ1) is 17.5. The second kappa shape index (κ2) is 8.17. The monoisotopic (exact) mass is 339 g/mol. The number of carbonyl (C=O) groups is 1. The molecule has 0 radical (unpaired) electrons. The van der Waals surface area contributed by atoms with Gasteiger partial charge in [-0.1, -0.05) is 25.1 Å². The number of ether oxygens (including phenoxy) is 2. The fraction of sp³-hybridized carbons (Fsp3) is 0.381. The second-order valence-electron chi connectivity index (χ2n) is 6.39. The van der Waals surface area contributed by atoms with E-state index in [1.807, 2.05) is 37.3 Å². The molecule has 0 aromatic heterocycles. The van der Waals surface area contributed by atoms with Crippen LogP contribution >= 0.6 is 0 Å². The van der Waals surface area contributed by atoms with Crippen molar-refractivity contribution in [1.29, 1.82) is 0 Å². The number of amides is 1. The zero-order valence-corrected chi connectivity index (χ0v) is 14.9. The van der Waals surface area contributed by atoms with Crippen molar-refractivity contribution in [3.8, 4) is 5.75 Å². The quantitative estimate of drug-likeness (QED) is 0.850. The van der Waals surface area contributed by atoms with Crippen LogP contribution in [-0.2, 0) is 11.2 Å². The van der Waals surface area contributed by atoms with Crippen LogP contribution in [0.5, 0.6) is 5.75 Å². The van der Waals surface area contributed by atoms with E-state index < -0.39 is 0 Å². The summed E-state index contributed by atoms with van der Waals surface area (Å²) in [6.45, 7) is 5.49. The molecule has 2 aromatic rings. The van der Waals surface area contributed by atoms with E-state index in [0.29, 0.717) is 12.2 Å². The van der Waals surface area contributed by atoms with E-state index in [-0.39, 0.29) is 12.0 Å². The molecule has 1 atom stereocenters.